The largest absolute Gasteiger partial charge is 0.490 e. The van der Waals surface area contributed by atoms with Crippen LogP contribution in [0.1, 0.15) is 37.2 Å². The molecule has 17 heteroatoms. The molecular weight excluding hydrogens is 698 g/mol. The topological polar surface area (TPSA) is 157 Å². The van der Waals surface area contributed by atoms with Gasteiger partial charge in [-0.25, -0.2) is 28.8 Å². The van der Waals surface area contributed by atoms with E-state index in [4.69, 9.17) is 51.1 Å². The van der Waals surface area contributed by atoms with Crippen molar-refractivity contribution in [2.75, 3.05) is 5.32 Å². The molecule has 0 radical (unpaired) electrons. The van der Waals surface area contributed by atoms with E-state index < -0.39 is 30.5 Å². The minimum Gasteiger partial charge on any atom is -0.487 e. The van der Waals surface area contributed by atoms with Crippen LogP contribution in [0.25, 0.3) is 20.3 Å². The minimum atomic E-state index is -5.08. The Morgan fingerprint density at radius 1 is 0.980 bits per heavy atom. The number of aliphatic carboxylic acids is 2. The van der Waals surface area contributed by atoms with Gasteiger partial charge >= 0.3 is 24.1 Å². The van der Waals surface area contributed by atoms with Crippen molar-refractivity contribution >= 4 is 72.7 Å². The first kappa shape index (κ1) is 36.6. The number of nitrogens with zero attached hydrogens (tertiary/aromatic N) is 2. The highest BCUT2D eigenvalue weighted by Gasteiger charge is 2.38. The fourth-order valence-electron chi connectivity index (χ4n) is 4.35. The summed E-state index contributed by atoms with van der Waals surface area (Å²) in [6.45, 7) is 4.07. The highest BCUT2D eigenvalue weighted by atomic mass is 35.5. The monoisotopic (exact) mass is 723 g/mol. The maximum atomic E-state index is 13.5. The number of halogens is 5. The standard InChI is InChI=1S/C30H25ClFN3O6S.C2HF3O2/c1-3-19-22(40-41-26(38)14-25(36)37)11-9-20-27-29(34-24(4-2)35-30(27)42-28(19)20)33-18-8-10-23(21(31)13-18)39-15-16-6-5-7-17(32)12-16;3-2(4,5)1(6)7/h5-13H,3-4,14-15H2,1-2H3,(H,36,37)(H,33,34,35);(H,6,7). The van der Waals surface area contributed by atoms with Gasteiger partial charge in [-0.2, -0.15) is 13.2 Å². The van der Waals surface area contributed by atoms with Gasteiger partial charge in [-0.3, -0.25) is 9.68 Å². The smallest absolute Gasteiger partial charge is 0.487 e. The number of hydrogen-bond acceptors (Lipinski definition) is 10. The van der Waals surface area contributed by atoms with E-state index in [0.717, 1.165) is 25.9 Å². The molecule has 3 N–H and O–H groups in total. The number of carbonyl (C=O) groups is 3. The number of aromatic nitrogens is 2. The van der Waals surface area contributed by atoms with Crippen molar-refractivity contribution in [3.8, 4) is 11.5 Å². The molecule has 0 fully saturated rings. The van der Waals surface area contributed by atoms with Crippen LogP contribution in [0.2, 0.25) is 5.02 Å². The second-order valence-corrected chi connectivity index (χ2v) is 11.4. The second kappa shape index (κ2) is 15.8. The molecule has 0 saturated carbocycles. The molecule has 0 saturated heterocycles. The lowest BCUT2D eigenvalue weighted by Crippen LogP contribution is -2.21. The zero-order valence-electron chi connectivity index (χ0n) is 25.6. The molecule has 2 heterocycles. The summed E-state index contributed by atoms with van der Waals surface area (Å²) in [5.74, 6) is -3.39. The molecule has 2 aromatic heterocycles. The SMILES string of the molecule is CCc1nc(Nc2ccc(OCc3cccc(F)c3)c(Cl)c2)c2c(n1)sc1c(CC)c(OOC(=O)CC(=O)O)ccc12.O=C(O)C(F)(F)F. The summed E-state index contributed by atoms with van der Waals surface area (Å²) in [5.41, 5.74) is 2.15. The van der Waals surface area contributed by atoms with Crippen molar-refractivity contribution < 1.29 is 56.7 Å². The van der Waals surface area contributed by atoms with Gasteiger partial charge in [0.1, 0.15) is 41.1 Å². The average Bonchev–Trinajstić information content (AvgIpc) is 3.41. The van der Waals surface area contributed by atoms with E-state index in [-0.39, 0.29) is 12.4 Å². The van der Waals surface area contributed by atoms with Crippen LogP contribution in [-0.4, -0.2) is 44.3 Å². The number of carbonyl (C=O) groups excluding carboxylic acids is 1. The Morgan fingerprint density at radius 2 is 1.69 bits per heavy atom. The molecule has 5 aromatic rings. The Kier molecular flexibility index (Phi) is 11.8. The Labute approximate surface area is 284 Å². The number of carboxylic acids is 2. The molecule has 11 nitrogen and oxygen atoms in total. The molecule has 5 rings (SSSR count). The van der Waals surface area contributed by atoms with Crippen molar-refractivity contribution in [3.63, 3.8) is 0 Å². The molecule has 0 aliphatic carbocycles. The van der Waals surface area contributed by atoms with Crippen molar-refractivity contribution in [1.29, 1.82) is 0 Å². The predicted molar refractivity (Wildman–Crippen MR) is 172 cm³/mol. The summed E-state index contributed by atoms with van der Waals surface area (Å²) < 4.78 is 51.9. The summed E-state index contributed by atoms with van der Waals surface area (Å²) >= 11 is 7.99. The van der Waals surface area contributed by atoms with E-state index in [1.54, 1.807) is 30.3 Å². The van der Waals surface area contributed by atoms with E-state index in [9.17, 15) is 27.2 Å². The van der Waals surface area contributed by atoms with Crippen molar-refractivity contribution in [3.05, 3.63) is 82.4 Å². The lowest BCUT2D eigenvalue weighted by molar-refractivity contribution is -0.214. The maximum Gasteiger partial charge on any atom is 0.490 e. The van der Waals surface area contributed by atoms with Crippen LogP contribution in [-0.2, 0) is 38.7 Å². The van der Waals surface area contributed by atoms with Gasteiger partial charge in [0.15, 0.2) is 5.75 Å². The fraction of sp³-hybridized carbons (Fsp3) is 0.219. The molecular formula is C32H26ClF4N3O8S. The third-order valence-electron chi connectivity index (χ3n) is 6.52. The number of carboxylic acid groups (broad SMARTS) is 2. The molecule has 0 bridgehead atoms. The van der Waals surface area contributed by atoms with Crippen LogP contribution in [0.5, 0.6) is 11.5 Å². The number of nitrogens with one attached hydrogen (secondary N) is 1. The Morgan fingerprint density at radius 3 is 2.31 bits per heavy atom. The minimum absolute atomic E-state index is 0.168. The fourth-order valence-corrected chi connectivity index (χ4v) is 5.88. The second-order valence-electron chi connectivity index (χ2n) is 10.00. The Balaban J connectivity index is 0.000000698. The molecule has 0 aliphatic rings. The van der Waals surface area contributed by atoms with Gasteiger partial charge in [0, 0.05) is 27.8 Å². The first-order valence-electron chi connectivity index (χ1n) is 14.3. The van der Waals surface area contributed by atoms with Crippen LogP contribution in [0.15, 0.2) is 54.6 Å². The molecule has 0 aliphatic heterocycles. The summed E-state index contributed by atoms with van der Waals surface area (Å²) in [7, 11) is 0. The first-order valence-corrected chi connectivity index (χ1v) is 15.5. The third kappa shape index (κ3) is 9.45. The van der Waals surface area contributed by atoms with Gasteiger partial charge in [-0.15, -0.1) is 11.3 Å². The molecule has 258 valence electrons. The summed E-state index contributed by atoms with van der Waals surface area (Å²) in [6, 6.07) is 14.9. The van der Waals surface area contributed by atoms with Crippen molar-refractivity contribution in [2.45, 2.75) is 45.9 Å². The highest BCUT2D eigenvalue weighted by Crippen LogP contribution is 2.42. The number of hydrogen-bond donors (Lipinski definition) is 3. The quantitative estimate of drug-likeness (QED) is 0.0525. The van der Waals surface area contributed by atoms with Crippen LogP contribution < -0.4 is 14.9 Å². The van der Waals surface area contributed by atoms with Gasteiger partial charge in [0.05, 0.1) is 10.4 Å². The van der Waals surface area contributed by atoms with E-state index in [2.05, 4.69) is 5.32 Å². The lowest BCUT2D eigenvalue weighted by Gasteiger charge is -2.12. The zero-order valence-corrected chi connectivity index (χ0v) is 27.1. The van der Waals surface area contributed by atoms with E-state index in [1.165, 1.54) is 23.5 Å². The lowest BCUT2D eigenvalue weighted by atomic mass is 10.1. The predicted octanol–water partition coefficient (Wildman–Crippen LogP) is 8.03. The maximum absolute atomic E-state index is 13.5. The summed E-state index contributed by atoms with van der Waals surface area (Å²) in [4.78, 5) is 51.6. The number of alkyl halides is 3. The number of ether oxygens (including phenoxy) is 1. The Hall–Kier alpha value is -5.22. The van der Waals surface area contributed by atoms with Crippen LogP contribution in [0.3, 0.4) is 0 Å². The number of thiophene rings is 1. The van der Waals surface area contributed by atoms with E-state index >= 15 is 0 Å². The summed E-state index contributed by atoms with van der Waals surface area (Å²) in [6.07, 6.45) is -4.72. The molecule has 0 unspecified atom stereocenters. The van der Waals surface area contributed by atoms with Gasteiger partial charge in [-0.05, 0) is 54.4 Å². The highest BCUT2D eigenvalue weighted by molar-refractivity contribution is 7.25. The van der Waals surface area contributed by atoms with Crippen LogP contribution >= 0.6 is 22.9 Å². The van der Waals surface area contributed by atoms with Gasteiger partial charge in [0.25, 0.3) is 0 Å². The molecule has 0 spiro atoms. The molecule has 0 atom stereocenters. The van der Waals surface area contributed by atoms with Crippen molar-refractivity contribution in [1.82, 2.24) is 9.97 Å². The molecule has 3 aromatic carbocycles. The van der Waals surface area contributed by atoms with Gasteiger partial charge in [-0.1, -0.05) is 37.6 Å². The van der Waals surface area contributed by atoms with E-state index in [0.29, 0.717) is 52.3 Å². The Bertz CT molecular complexity index is 2020. The zero-order chi connectivity index (χ0) is 35.9. The average molecular weight is 724 g/mol. The third-order valence-corrected chi connectivity index (χ3v) is 7.97. The summed E-state index contributed by atoms with van der Waals surface area (Å²) in [5, 5.41) is 21.3. The van der Waals surface area contributed by atoms with Gasteiger partial charge in [0.2, 0.25) is 0 Å². The normalized spacial score (nSPS) is 11.1. The van der Waals surface area contributed by atoms with Crippen LogP contribution in [0, 0.1) is 5.82 Å². The number of anilines is 2. The number of benzene rings is 3. The van der Waals surface area contributed by atoms with Gasteiger partial charge < -0.3 is 20.3 Å². The molecule has 49 heavy (non-hydrogen) atoms. The van der Waals surface area contributed by atoms with E-state index in [1.807, 2.05) is 26.0 Å². The van der Waals surface area contributed by atoms with Crippen LogP contribution in [0.4, 0.5) is 29.1 Å². The number of fused-ring (bicyclic) bond motifs is 3. The number of aryl methyl sites for hydroxylation is 2. The number of rotatable bonds is 11. The molecule has 0 amide bonds. The van der Waals surface area contributed by atoms with Crippen molar-refractivity contribution in [2.24, 2.45) is 0 Å². The first-order chi connectivity index (χ1) is 23.2.